The number of aryl methyl sites for hydroxylation is 1. The number of nitrogens with one attached hydrogen (secondary N) is 2. The van der Waals surface area contributed by atoms with Crippen molar-refractivity contribution in [3.8, 4) is 0 Å². The first-order valence-electron chi connectivity index (χ1n) is 5.03. The Kier molecular flexibility index (Phi) is 4.11. The van der Waals surface area contributed by atoms with E-state index in [0.717, 1.165) is 0 Å². The van der Waals surface area contributed by atoms with Crippen molar-refractivity contribution in [2.45, 2.75) is 12.1 Å². The molecule has 1 amide bonds. The van der Waals surface area contributed by atoms with Crippen LogP contribution in [-0.4, -0.2) is 26.6 Å². The molecule has 0 atom stereocenters. The summed E-state index contributed by atoms with van der Waals surface area (Å²) in [6, 6.07) is 1.40. The van der Waals surface area contributed by atoms with Gasteiger partial charge in [0.05, 0.1) is 5.75 Å². The summed E-state index contributed by atoms with van der Waals surface area (Å²) in [4.78, 5) is 33.4. The zero-order chi connectivity index (χ0) is 13.0. The van der Waals surface area contributed by atoms with Crippen molar-refractivity contribution in [3.63, 3.8) is 0 Å². The van der Waals surface area contributed by atoms with Crippen LogP contribution < -0.4 is 10.9 Å². The van der Waals surface area contributed by atoms with E-state index in [1.165, 1.54) is 29.2 Å². The maximum absolute atomic E-state index is 11.6. The van der Waals surface area contributed by atoms with Gasteiger partial charge < -0.3 is 10.3 Å². The minimum absolute atomic E-state index is 0.173. The van der Waals surface area contributed by atoms with Crippen LogP contribution in [0.4, 0.5) is 5.13 Å². The molecule has 2 aromatic rings. The van der Waals surface area contributed by atoms with Gasteiger partial charge in [-0.3, -0.25) is 9.59 Å². The summed E-state index contributed by atoms with van der Waals surface area (Å²) in [5, 5.41) is 5.43. The number of hydrogen-bond acceptors (Lipinski definition) is 6. The average Bonchev–Trinajstić information content (AvgIpc) is 2.78. The lowest BCUT2D eigenvalue weighted by Gasteiger charge is -2.02. The molecule has 0 aliphatic heterocycles. The van der Waals surface area contributed by atoms with Crippen LogP contribution in [0.3, 0.4) is 0 Å². The number of carbonyl (C=O) groups is 1. The van der Waals surface area contributed by atoms with Crippen molar-refractivity contribution in [1.29, 1.82) is 0 Å². The molecule has 94 valence electrons. The van der Waals surface area contributed by atoms with Crippen molar-refractivity contribution in [1.82, 2.24) is 15.0 Å². The van der Waals surface area contributed by atoms with E-state index >= 15 is 0 Å². The van der Waals surface area contributed by atoms with E-state index in [1.54, 1.807) is 18.5 Å². The number of H-pyrrole nitrogens is 1. The molecule has 0 fully saturated rings. The van der Waals surface area contributed by atoms with Crippen LogP contribution in [0.25, 0.3) is 0 Å². The van der Waals surface area contributed by atoms with Gasteiger partial charge in [0, 0.05) is 23.3 Å². The van der Waals surface area contributed by atoms with Gasteiger partial charge in [0.15, 0.2) is 10.3 Å². The minimum Gasteiger partial charge on any atom is -0.301 e. The summed E-state index contributed by atoms with van der Waals surface area (Å²) in [5.41, 5.74) is 0.409. The van der Waals surface area contributed by atoms with Crippen LogP contribution in [-0.2, 0) is 4.79 Å². The fourth-order valence-electron chi connectivity index (χ4n) is 1.19. The highest BCUT2D eigenvalue weighted by atomic mass is 32.2. The summed E-state index contributed by atoms with van der Waals surface area (Å²) < 4.78 is 0. The van der Waals surface area contributed by atoms with E-state index in [-0.39, 0.29) is 17.2 Å². The molecule has 18 heavy (non-hydrogen) atoms. The predicted molar refractivity (Wildman–Crippen MR) is 71.1 cm³/mol. The van der Waals surface area contributed by atoms with Gasteiger partial charge in [-0.05, 0) is 6.92 Å². The summed E-state index contributed by atoms with van der Waals surface area (Å²) in [6.45, 7) is 1.73. The Labute approximate surface area is 111 Å². The Bertz CT molecular complexity index is 594. The first-order chi connectivity index (χ1) is 8.63. The highest BCUT2D eigenvalue weighted by Gasteiger charge is 2.06. The highest BCUT2D eigenvalue weighted by Crippen LogP contribution is 2.14. The Morgan fingerprint density at radius 3 is 3.11 bits per heavy atom. The van der Waals surface area contributed by atoms with E-state index < -0.39 is 0 Å². The molecule has 2 heterocycles. The molecule has 0 aromatic carbocycles. The van der Waals surface area contributed by atoms with Gasteiger partial charge in [-0.15, -0.1) is 11.3 Å². The number of thioether (sulfide) groups is 1. The second kappa shape index (κ2) is 5.78. The number of anilines is 1. The van der Waals surface area contributed by atoms with Crippen molar-refractivity contribution < 1.29 is 4.79 Å². The molecular formula is C10H10N4O2S2. The number of hydrogen-bond donors (Lipinski definition) is 2. The van der Waals surface area contributed by atoms with Crippen LogP contribution >= 0.6 is 23.1 Å². The second-order valence-corrected chi connectivity index (χ2v) is 5.22. The summed E-state index contributed by atoms with van der Waals surface area (Å²) in [6.07, 6.45) is 1.62. The lowest BCUT2D eigenvalue weighted by molar-refractivity contribution is -0.113. The molecule has 2 rings (SSSR count). The van der Waals surface area contributed by atoms with E-state index in [4.69, 9.17) is 0 Å². The third-order valence-corrected chi connectivity index (χ3v) is 3.43. The summed E-state index contributed by atoms with van der Waals surface area (Å²) >= 11 is 2.53. The second-order valence-electron chi connectivity index (χ2n) is 3.37. The van der Waals surface area contributed by atoms with Gasteiger partial charge >= 0.3 is 0 Å². The first-order valence-corrected chi connectivity index (χ1v) is 6.90. The van der Waals surface area contributed by atoms with E-state index in [2.05, 4.69) is 20.3 Å². The maximum atomic E-state index is 11.6. The zero-order valence-corrected chi connectivity index (χ0v) is 11.1. The molecule has 2 aromatic heterocycles. The molecule has 0 saturated carbocycles. The molecule has 0 unspecified atom stereocenters. The van der Waals surface area contributed by atoms with Gasteiger partial charge in [-0.25, -0.2) is 9.97 Å². The van der Waals surface area contributed by atoms with Crippen LogP contribution in [0.15, 0.2) is 27.6 Å². The molecule has 0 bridgehead atoms. The number of aromatic nitrogens is 3. The van der Waals surface area contributed by atoms with Gasteiger partial charge in [0.2, 0.25) is 5.91 Å². The van der Waals surface area contributed by atoms with Gasteiger partial charge in [-0.2, -0.15) is 0 Å². The SMILES string of the molecule is Cc1cc(=O)[nH]c(SCC(=O)Nc2nccs2)n1. The zero-order valence-electron chi connectivity index (χ0n) is 9.47. The topological polar surface area (TPSA) is 87.7 Å². The molecule has 0 radical (unpaired) electrons. The van der Waals surface area contributed by atoms with Crippen LogP contribution in [0.1, 0.15) is 5.69 Å². The molecule has 6 nitrogen and oxygen atoms in total. The van der Waals surface area contributed by atoms with Crippen molar-refractivity contribution in [2.75, 3.05) is 11.1 Å². The predicted octanol–water partition coefficient (Wildman–Crippen LogP) is 1.27. The monoisotopic (exact) mass is 282 g/mol. The van der Waals surface area contributed by atoms with E-state index in [1.807, 2.05) is 0 Å². The van der Waals surface area contributed by atoms with Crippen molar-refractivity contribution in [3.05, 3.63) is 33.7 Å². The standard InChI is InChI=1S/C10H10N4O2S2/c1-6-4-7(15)13-10(12-6)18-5-8(16)14-9-11-2-3-17-9/h2-4H,5H2,1H3,(H,11,14,16)(H,12,13,15). The number of thiazole rings is 1. The number of amides is 1. The summed E-state index contributed by atoms with van der Waals surface area (Å²) in [5.74, 6) is -0.00879. The molecule has 0 aliphatic rings. The maximum Gasteiger partial charge on any atom is 0.251 e. The molecule has 8 heteroatoms. The largest absolute Gasteiger partial charge is 0.301 e. The Morgan fingerprint density at radius 2 is 2.44 bits per heavy atom. The number of aromatic amines is 1. The normalized spacial score (nSPS) is 10.3. The molecule has 0 saturated heterocycles. The number of nitrogens with zero attached hydrogens (tertiary/aromatic N) is 2. The number of carbonyl (C=O) groups excluding carboxylic acids is 1. The van der Waals surface area contributed by atoms with E-state index in [0.29, 0.717) is 16.0 Å². The molecule has 2 N–H and O–H groups in total. The molecular weight excluding hydrogens is 272 g/mol. The van der Waals surface area contributed by atoms with Crippen molar-refractivity contribution in [2.24, 2.45) is 0 Å². The summed E-state index contributed by atoms with van der Waals surface area (Å²) in [7, 11) is 0. The van der Waals surface area contributed by atoms with Gasteiger partial charge in [0.25, 0.3) is 5.56 Å². The van der Waals surface area contributed by atoms with Gasteiger partial charge in [0.1, 0.15) is 0 Å². The van der Waals surface area contributed by atoms with Crippen molar-refractivity contribution >= 4 is 34.1 Å². The third kappa shape index (κ3) is 3.67. The minimum atomic E-state index is -0.217. The fourth-order valence-corrected chi connectivity index (χ4v) is 2.46. The lowest BCUT2D eigenvalue weighted by Crippen LogP contribution is -2.15. The Morgan fingerprint density at radius 1 is 1.61 bits per heavy atom. The lowest BCUT2D eigenvalue weighted by atomic mass is 10.5. The smallest absolute Gasteiger partial charge is 0.251 e. The molecule has 0 spiro atoms. The fraction of sp³-hybridized carbons (Fsp3) is 0.200. The third-order valence-electron chi connectivity index (χ3n) is 1.87. The Hall–Kier alpha value is -1.67. The van der Waals surface area contributed by atoms with Crippen LogP contribution in [0, 0.1) is 6.92 Å². The average molecular weight is 282 g/mol. The number of rotatable bonds is 4. The first kappa shape index (κ1) is 12.8. The van der Waals surface area contributed by atoms with Crippen LogP contribution in [0.5, 0.6) is 0 Å². The van der Waals surface area contributed by atoms with E-state index in [9.17, 15) is 9.59 Å². The Balaban J connectivity index is 1.91. The quantitative estimate of drug-likeness (QED) is 0.651. The molecule has 0 aliphatic carbocycles. The van der Waals surface area contributed by atoms with Crippen LogP contribution in [0.2, 0.25) is 0 Å². The van der Waals surface area contributed by atoms with Gasteiger partial charge in [-0.1, -0.05) is 11.8 Å². The highest BCUT2D eigenvalue weighted by molar-refractivity contribution is 7.99.